The highest BCUT2D eigenvalue weighted by Crippen LogP contribution is 2.30. The van der Waals surface area contributed by atoms with Gasteiger partial charge in [-0.05, 0) is 101 Å². The van der Waals surface area contributed by atoms with Crippen LogP contribution in [0.2, 0.25) is 0 Å². The Bertz CT molecular complexity index is 826. The fourth-order valence-corrected chi connectivity index (χ4v) is 4.28. The molecular formula is C21H25BrINO3. The number of carbonyl (C=O) groups excluding carboxylic acids is 1. The highest BCUT2D eigenvalue weighted by molar-refractivity contribution is 14.1. The second-order valence-electron chi connectivity index (χ2n) is 7.88. The topological polar surface area (TPSA) is 38.8 Å². The number of fused-ring (bicyclic) bond motifs is 1. The maximum absolute atomic E-state index is 12.1. The molecule has 1 fully saturated rings. The van der Waals surface area contributed by atoms with Crippen molar-refractivity contribution in [2.45, 2.75) is 51.9 Å². The minimum atomic E-state index is -0.454. The molecule has 1 saturated heterocycles. The summed E-state index contributed by atoms with van der Waals surface area (Å²) in [7, 11) is 0. The van der Waals surface area contributed by atoms with Crippen LogP contribution in [0.5, 0.6) is 0 Å². The maximum Gasteiger partial charge on any atom is 0.410 e. The summed E-state index contributed by atoms with van der Waals surface area (Å²) >= 11 is 6.07. The Balaban J connectivity index is 1.55. The van der Waals surface area contributed by atoms with Crippen LogP contribution in [-0.2, 0) is 16.1 Å². The van der Waals surface area contributed by atoms with Gasteiger partial charge in [-0.3, -0.25) is 0 Å². The van der Waals surface area contributed by atoms with Crippen LogP contribution >= 0.6 is 38.5 Å². The molecule has 27 heavy (non-hydrogen) atoms. The molecule has 6 heteroatoms. The van der Waals surface area contributed by atoms with Gasteiger partial charge in [0.2, 0.25) is 0 Å². The van der Waals surface area contributed by atoms with Gasteiger partial charge in [-0.1, -0.05) is 18.2 Å². The third-order valence-electron chi connectivity index (χ3n) is 4.56. The Labute approximate surface area is 182 Å². The van der Waals surface area contributed by atoms with Gasteiger partial charge in [-0.15, -0.1) is 0 Å². The normalized spacial score (nSPS) is 16.0. The quantitative estimate of drug-likeness (QED) is 0.436. The van der Waals surface area contributed by atoms with Crippen molar-refractivity contribution in [1.29, 1.82) is 0 Å². The van der Waals surface area contributed by atoms with Crippen molar-refractivity contribution in [2.75, 3.05) is 13.1 Å². The molecule has 0 N–H and O–H groups in total. The van der Waals surface area contributed by atoms with Gasteiger partial charge >= 0.3 is 6.09 Å². The number of piperidine rings is 1. The van der Waals surface area contributed by atoms with Crippen LogP contribution in [0.15, 0.2) is 34.8 Å². The van der Waals surface area contributed by atoms with E-state index in [0.29, 0.717) is 19.7 Å². The molecule has 0 aliphatic carbocycles. The number of nitrogens with zero attached hydrogens (tertiary/aromatic N) is 1. The van der Waals surface area contributed by atoms with E-state index in [2.05, 4.69) is 68.9 Å². The lowest BCUT2D eigenvalue weighted by Crippen LogP contribution is -2.43. The van der Waals surface area contributed by atoms with Crippen molar-refractivity contribution in [3.8, 4) is 0 Å². The molecule has 0 unspecified atom stereocenters. The Kier molecular flexibility index (Phi) is 6.69. The molecule has 1 aliphatic rings. The predicted molar refractivity (Wildman–Crippen MR) is 120 cm³/mol. The third-order valence-corrected chi connectivity index (χ3v) is 6.17. The van der Waals surface area contributed by atoms with E-state index in [1.54, 1.807) is 4.90 Å². The number of rotatable bonds is 3. The molecule has 1 aliphatic heterocycles. The predicted octanol–water partition coefficient (Wildman–Crippen LogP) is 6.12. The number of amides is 1. The lowest BCUT2D eigenvalue weighted by Gasteiger charge is -2.33. The molecule has 1 heterocycles. The summed E-state index contributed by atoms with van der Waals surface area (Å²) in [5, 5.41) is 2.43. The summed E-state index contributed by atoms with van der Waals surface area (Å²) in [4.78, 5) is 13.9. The summed E-state index contributed by atoms with van der Waals surface area (Å²) in [6, 6.07) is 10.7. The number of ether oxygens (including phenoxy) is 2. The average Bonchev–Trinajstić information content (AvgIpc) is 2.60. The number of carbonyl (C=O) groups is 1. The molecule has 2 aromatic carbocycles. The summed E-state index contributed by atoms with van der Waals surface area (Å²) in [5.74, 6) is 0. The highest BCUT2D eigenvalue weighted by atomic mass is 127. The van der Waals surface area contributed by atoms with Gasteiger partial charge in [0.05, 0.1) is 12.7 Å². The number of hydrogen-bond donors (Lipinski definition) is 0. The Morgan fingerprint density at radius 2 is 1.93 bits per heavy atom. The number of hydrogen-bond acceptors (Lipinski definition) is 3. The van der Waals surface area contributed by atoms with Crippen molar-refractivity contribution >= 4 is 55.4 Å². The first-order valence-corrected chi connectivity index (χ1v) is 11.1. The first-order valence-electron chi connectivity index (χ1n) is 9.19. The van der Waals surface area contributed by atoms with E-state index in [9.17, 15) is 4.79 Å². The Morgan fingerprint density at radius 3 is 2.59 bits per heavy atom. The van der Waals surface area contributed by atoms with Gasteiger partial charge in [-0.25, -0.2) is 4.79 Å². The van der Waals surface area contributed by atoms with Crippen LogP contribution in [0.4, 0.5) is 4.79 Å². The van der Waals surface area contributed by atoms with Crippen molar-refractivity contribution in [3.63, 3.8) is 0 Å². The Morgan fingerprint density at radius 1 is 1.22 bits per heavy atom. The first-order chi connectivity index (χ1) is 12.7. The van der Waals surface area contributed by atoms with Crippen molar-refractivity contribution in [1.82, 2.24) is 4.90 Å². The van der Waals surface area contributed by atoms with Gasteiger partial charge in [0, 0.05) is 21.1 Å². The summed E-state index contributed by atoms with van der Waals surface area (Å²) < 4.78 is 13.9. The van der Waals surface area contributed by atoms with Gasteiger partial charge in [0.15, 0.2) is 0 Å². The van der Waals surface area contributed by atoms with Crippen molar-refractivity contribution in [2.24, 2.45) is 0 Å². The van der Waals surface area contributed by atoms with Gasteiger partial charge in [0.1, 0.15) is 5.60 Å². The summed E-state index contributed by atoms with van der Waals surface area (Å²) in [6.45, 7) is 7.60. The largest absolute Gasteiger partial charge is 0.444 e. The monoisotopic (exact) mass is 545 g/mol. The summed E-state index contributed by atoms with van der Waals surface area (Å²) in [6.07, 6.45) is 1.61. The van der Waals surface area contributed by atoms with Crippen molar-refractivity contribution in [3.05, 3.63) is 43.9 Å². The zero-order chi connectivity index (χ0) is 19.6. The molecule has 0 spiro atoms. The van der Waals surface area contributed by atoms with Crippen LogP contribution in [-0.4, -0.2) is 35.8 Å². The van der Waals surface area contributed by atoms with E-state index in [1.807, 2.05) is 20.8 Å². The van der Waals surface area contributed by atoms with E-state index in [1.165, 1.54) is 14.3 Å². The zero-order valence-corrected chi connectivity index (χ0v) is 19.7. The van der Waals surface area contributed by atoms with E-state index in [-0.39, 0.29) is 12.2 Å². The van der Waals surface area contributed by atoms with Crippen LogP contribution in [0.3, 0.4) is 0 Å². The molecule has 4 nitrogen and oxygen atoms in total. The average molecular weight is 546 g/mol. The molecule has 0 aromatic heterocycles. The molecule has 1 amide bonds. The van der Waals surface area contributed by atoms with E-state index < -0.39 is 5.60 Å². The highest BCUT2D eigenvalue weighted by Gasteiger charge is 2.27. The van der Waals surface area contributed by atoms with Gasteiger partial charge in [0.25, 0.3) is 0 Å². The van der Waals surface area contributed by atoms with E-state index >= 15 is 0 Å². The minimum absolute atomic E-state index is 0.169. The first kappa shape index (κ1) is 20.9. The van der Waals surface area contributed by atoms with E-state index in [4.69, 9.17) is 9.47 Å². The Hall–Kier alpha value is -0.860. The zero-order valence-electron chi connectivity index (χ0n) is 15.9. The molecule has 2 aromatic rings. The smallest absolute Gasteiger partial charge is 0.410 e. The number of benzene rings is 2. The van der Waals surface area contributed by atoms with E-state index in [0.717, 1.165) is 22.9 Å². The fourth-order valence-electron chi connectivity index (χ4n) is 3.16. The molecular weight excluding hydrogens is 521 g/mol. The van der Waals surface area contributed by atoms with Crippen molar-refractivity contribution < 1.29 is 14.3 Å². The van der Waals surface area contributed by atoms with Crippen LogP contribution in [0.25, 0.3) is 10.8 Å². The maximum atomic E-state index is 12.1. The van der Waals surface area contributed by atoms with Gasteiger partial charge < -0.3 is 14.4 Å². The number of likely N-dealkylation sites (tertiary alicyclic amines) is 1. The second-order valence-corrected chi connectivity index (χ2v) is 9.92. The minimum Gasteiger partial charge on any atom is -0.444 e. The standard InChI is InChI=1S/C21H25BrINO3/c1-21(2,3)27-20(25)24-10-8-17(9-11-24)26-13-15-5-4-14-12-16(23)6-7-18(14)19(15)22/h4-7,12,17H,8-11,13H2,1-3H3. The molecule has 0 atom stereocenters. The third kappa shape index (κ3) is 5.57. The number of halogens is 2. The molecule has 0 saturated carbocycles. The molecule has 0 bridgehead atoms. The van der Waals surface area contributed by atoms with Crippen LogP contribution in [0.1, 0.15) is 39.2 Å². The lowest BCUT2D eigenvalue weighted by atomic mass is 10.1. The van der Waals surface area contributed by atoms with Crippen LogP contribution in [0, 0.1) is 3.57 Å². The van der Waals surface area contributed by atoms with Crippen LogP contribution < -0.4 is 0 Å². The van der Waals surface area contributed by atoms with Gasteiger partial charge in [-0.2, -0.15) is 0 Å². The molecule has 3 rings (SSSR count). The molecule has 0 radical (unpaired) electrons. The second kappa shape index (κ2) is 8.66. The summed E-state index contributed by atoms with van der Waals surface area (Å²) in [5.41, 5.74) is 0.698. The SMILES string of the molecule is CC(C)(C)OC(=O)N1CCC(OCc2ccc3cc(I)ccc3c2Br)CC1. The molecule has 146 valence electrons. The lowest BCUT2D eigenvalue weighted by molar-refractivity contribution is -0.0171. The fraction of sp³-hybridized carbons (Fsp3) is 0.476.